The summed E-state index contributed by atoms with van der Waals surface area (Å²) >= 11 is 0. The maximum atomic E-state index is 7.04. The van der Waals surface area contributed by atoms with Crippen molar-refractivity contribution in [3.63, 3.8) is 0 Å². The van der Waals surface area contributed by atoms with Gasteiger partial charge in [-0.25, -0.2) is 21.7 Å². The molecule has 4 heterocycles. The number of guanidine groups is 2. The Morgan fingerprint density at radius 2 is 1.00 bits per heavy atom. The summed E-state index contributed by atoms with van der Waals surface area (Å²) in [5.41, 5.74) is 1.15. The van der Waals surface area contributed by atoms with E-state index >= 15 is 0 Å². The van der Waals surface area contributed by atoms with Crippen LogP contribution in [0.15, 0.2) is 45.3 Å². The molecule has 2 saturated heterocycles. The summed E-state index contributed by atoms with van der Waals surface area (Å²) in [6, 6.07) is 0. The van der Waals surface area contributed by atoms with E-state index < -0.39 is 0 Å². The number of unbranched alkanes of at least 4 members (excludes halogenated alkanes) is 3. The van der Waals surface area contributed by atoms with Crippen LogP contribution in [-0.4, -0.2) is 96.5 Å². The van der Waals surface area contributed by atoms with E-state index in [0.29, 0.717) is 47.7 Å². The van der Waals surface area contributed by atoms with Crippen molar-refractivity contribution in [3.8, 4) is 0 Å². The van der Waals surface area contributed by atoms with Gasteiger partial charge in [0.2, 0.25) is 11.9 Å². The van der Waals surface area contributed by atoms with E-state index in [4.69, 9.17) is 31.7 Å². The molecule has 4 spiro atoms. The summed E-state index contributed by atoms with van der Waals surface area (Å²) in [6.45, 7) is 12.8. The Labute approximate surface area is 373 Å². The van der Waals surface area contributed by atoms with Gasteiger partial charge in [0.05, 0.1) is 13.1 Å². The Bertz CT molecular complexity index is 1440. The number of nitrogens with one attached hydrogen (secondary N) is 6. The van der Waals surface area contributed by atoms with Crippen LogP contribution in [-0.2, 0) is 0 Å². The lowest BCUT2D eigenvalue weighted by molar-refractivity contribution is 0.0195. The van der Waals surface area contributed by atoms with Gasteiger partial charge in [0, 0.05) is 22.9 Å². The normalized spacial score (nSPS) is 34.9. The van der Waals surface area contributed by atoms with Gasteiger partial charge in [-0.05, 0) is 140 Å². The molecule has 6 atom stereocenters. The van der Waals surface area contributed by atoms with Crippen molar-refractivity contribution >= 4 is 23.6 Å². The zero-order chi connectivity index (χ0) is 42.9. The van der Waals surface area contributed by atoms with Gasteiger partial charge >= 0.3 is 0 Å². The number of hydrogen-bond donors (Lipinski definition) is 8. The highest BCUT2D eigenvalue weighted by Crippen LogP contribution is 2.56. The minimum absolute atomic E-state index is 0.193. The molecule has 8 rings (SSSR count). The van der Waals surface area contributed by atoms with Crippen molar-refractivity contribution in [1.82, 2.24) is 41.9 Å². The van der Waals surface area contributed by atoms with Crippen molar-refractivity contribution in [3.05, 3.63) is 25.3 Å². The molecule has 14 heteroatoms. The first-order valence-electron chi connectivity index (χ1n) is 25.3. The fraction of sp³-hybridized carbons (Fsp3) is 0.833. The van der Waals surface area contributed by atoms with Crippen LogP contribution < -0.4 is 43.6 Å². The fourth-order valence-corrected chi connectivity index (χ4v) is 13.8. The standard InChI is InChI=1S/C48H84N14/c1-3-25-51-41-57-39(37-31-45(19-9-7-10-20-45)35-47(33-37)23-13-17-29-55-47)61(49)43(59-41)53-27-15-5-6-16-28-54-44-60-42(52-26-4-2)58-40(62(44)50)38-32-46(21-11-8-12-22-46)36-48(34-38)24-14-18-30-56-48/h3-4,37-38,43-44,53-56H,1-2,5-36,49-50H2,(H,51,59)(H,52,60). The van der Waals surface area contributed by atoms with Crippen LogP contribution in [0.5, 0.6) is 0 Å². The molecule has 0 aromatic heterocycles. The number of rotatable bonds is 15. The number of hydrazine groups is 2. The molecular formula is C48H84N14. The number of piperidine rings is 2. The quantitative estimate of drug-likeness (QED) is 0.0533. The number of amidine groups is 2. The second-order valence-electron chi connectivity index (χ2n) is 21.1. The molecule has 4 saturated carbocycles. The topological polar surface area (TPSA) is 180 Å². The van der Waals surface area contributed by atoms with E-state index in [-0.39, 0.29) is 23.7 Å². The van der Waals surface area contributed by atoms with Crippen molar-refractivity contribution < 1.29 is 0 Å². The summed E-state index contributed by atoms with van der Waals surface area (Å²) in [6.07, 6.45) is 35.8. The smallest absolute Gasteiger partial charge is 0.222 e. The van der Waals surface area contributed by atoms with E-state index in [1.54, 1.807) is 0 Å². The summed E-state index contributed by atoms with van der Waals surface area (Å²) < 4.78 is 0. The van der Waals surface area contributed by atoms with Gasteiger partial charge in [-0.15, -0.1) is 13.2 Å². The lowest BCUT2D eigenvalue weighted by Crippen LogP contribution is -2.67. The van der Waals surface area contributed by atoms with E-state index in [9.17, 15) is 0 Å². The van der Waals surface area contributed by atoms with Crippen LogP contribution in [0.25, 0.3) is 0 Å². The van der Waals surface area contributed by atoms with Crippen LogP contribution in [0.4, 0.5) is 0 Å². The van der Waals surface area contributed by atoms with Gasteiger partial charge in [0.25, 0.3) is 0 Å². The highest BCUT2D eigenvalue weighted by Gasteiger charge is 2.53. The van der Waals surface area contributed by atoms with E-state index in [1.165, 1.54) is 128 Å². The van der Waals surface area contributed by atoms with Gasteiger partial charge in [0.15, 0.2) is 12.6 Å². The van der Waals surface area contributed by atoms with E-state index in [2.05, 4.69) is 45.1 Å². The largest absolute Gasteiger partial charge is 0.321 e. The second-order valence-corrected chi connectivity index (χ2v) is 21.1. The Morgan fingerprint density at radius 1 is 0.581 bits per heavy atom. The first-order chi connectivity index (χ1) is 30.3. The average Bonchev–Trinajstić information content (AvgIpc) is 3.27. The Morgan fingerprint density at radius 3 is 1.39 bits per heavy atom. The SMILES string of the molecule is C=CCN=C1N=C(C2CC3(CCCCC3)CC3(CCCCN3)C2)N(N)C(NCCCCCCNC2NC(=NCC=C)N=C(C3CC4(CCCCC4)CC4(CCCCN4)C3)N2N)N1. The third-order valence-corrected chi connectivity index (χ3v) is 16.4. The van der Waals surface area contributed by atoms with E-state index in [1.807, 2.05) is 22.2 Å². The molecule has 0 amide bonds. The van der Waals surface area contributed by atoms with Crippen molar-refractivity contribution in [2.24, 2.45) is 54.3 Å². The minimum atomic E-state index is -0.256. The van der Waals surface area contributed by atoms with Crippen molar-refractivity contribution in [2.75, 3.05) is 39.3 Å². The second kappa shape index (κ2) is 21.0. The highest BCUT2D eigenvalue weighted by molar-refractivity contribution is 6.00. The number of nitrogens with two attached hydrogens (primary N) is 2. The molecule has 14 nitrogen and oxygen atoms in total. The van der Waals surface area contributed by atoms with Crippen molar-refractivity contribution in [2.45, 2.75) is 191 Å². The predicted octanol–water partition coefficient (Wildman–Crippen LogP) is 6.26. The van der Waals surface area contributed by atoms with Gasteiger partial charge < -0.3 is 21.3 Å². The van der Waals surface area contributed by atoms with Crippen LogP contribution in [0.3, 0.4) is 0 Å². The van der Waals surface area contributed by atoms with Crippen LogP contribution in [0.1, 0.15) is 167 Å². The zero-order valence-electron chi connectivity index (χ0n) is 38.3. The van der Waals surface area contributed by atoms with Crippen molar-refractivity contribution in [1.29, 1.82) is 0 Å². The summed E-state index contributed by atoms with van der Waals surface area (Å²) in [5.74, 6) is 18.0. The highest BCUT2D eigenvalue weighted by atomic mass is 15.6. The molecule has 6 fully saturated rings. The van der Waals surface area contributed by atoms with Gasteiger partial charge in [-0.3, -0.25) is 20.7 Å². The molecule has 0 radical (unpaired) electrons. The number of aliphatic imine (C=N–C) groups is 4. The molecule has 6 unspecified atom stereocenters. The van der Waals surface area contributed by atoms with Crippen LogP contribution >= 0.6 is 0 Å². The molecule has 8 aliphatic rings. The molecule has 0 aromatic rings. The number of nitrogens with zero attached hydrogens (tertiary/aromatic N) is 6. The monoisotopic (exact) mass is 857 g/mol. The van der Waals surface area contributed by atoms with Gasteiger partial charge in [-0.1, -0.05) is 76.4 Å². The fourth-order valence-electron chi connectivity index (χ4n) is 13.8. The molecule has 62 heavy (non-hydrogen) atoms. The van der Waals surface area contributed by atoms with Gasteiger partial charge in [0.1, 0.15) is 11.7 Å². The summed E-state index contributed by atoms with van der Waals surface area (Å²) in [7, 11) is 0. The Hall–Kier alpha value is -2.88. The molecule has 10 N–H and O–H groups in total. The average molecular weight is 857 g/mol. The van der Waals surface area contributed by atoms with Crippen LogP contribution in [0, 0.1) is 22.7 Å². The minimum Gasteiger partial charge on any atom is -0.321 e. The molecule has 4 aliphatic heterocycles. The molecule has 0 aromatic carbocycles. The maximum absolute atomic E-state index is 7.04. The summed E-state index contributed by atoms with van der Waals surface area (Å²) in [4.78, 5) is 19.8. The van der Waals surface area contributed by atoms with E-state index in [0.717, 1.165) is 76.4 Å². The first kappa shape index (κ1) is 45.7. The summed E-state index contributed by atoms with van der Waals surface area (Å²) in [5, 5.41) is 26.4. The molecule has 346 valence electrons. The Balaban J connectivity index is 0.837. The number of hydrogen-bond acceptors (Lipinski definition) is 10. The van der Waals surface area contributed by atoms with Crippen LogP contribution in [0.2, 0.25) is 0 Å². The Kier molecular flexibility index (Phi) is 15.4. The zero-order valence-corrected chi connectivity index (χ0v) is 38.3. The molecule has 4 aliphatic carbocycles. The molecular weight excluding hydrogens is 773 g/mol. The molecule has 0 bridgehead atoms. The van der Waals surface area contributed by atoms with Gasteiger partial charge in [-0.2, -0.15) is 9.98 Å². The lowest BCUT2D eigenvalue weighted by atomic mass is 9.55. The predicted molar refractivity (Wildman–Crippen MR) is 255 cm³/mol. The first-order valence-corrected chi connectivity index (χ1v) is 25.3. The lowest BCUT2D eigenvalue weighted by Gasteiger charge is -2.55. The third kappa shape index (κ3) is 11.0. The maximum Gasteiger partial charge on any atom is 0.222 e. The third-order valence-electron chi connectivity index (χ3n) is 16.4.